The summed E-state index contributed by atoms with van der Waals surface area (Å²) >= 11 is 0. The average Bonchev–Trinajstić information content (AvgIpc) is 2.19. The lowest BCUT2D eigenvalue weighted by molar-refractivity contribution is -0.384. The van der Waals surface area contributed by atoms with E-state index in [1.807, 2.05) is 0 Å². The highest BCUT2D eigenvalue weighted by molar-refractivity contribution is 5.33. The van der Waals surface area contributed by atoms with Crippen LogP contribution in [0.1, 0.15) is 31.7 Å². The van der Waals surface area contributed by atoms with Crippen molar-refractivity contribution in [2.75, 3.05) is 0 Å². The zero-order chi connectivity index (χ0) is 10.4. The first kappa shape index (κ1) is 10.7. The Labute approximate surface area is 83.9 Å². The van der Waals surface area contributed by atoms with Crippen molar-refractivity contribution in [3.05, 3.63) is 39.9 Å². The summed E-state index contributed by atoms with van der Waals surface area (Å²) in [4.78, 5) is 10.1. The first-order valence-corrected chi connectivity index (χ1v) is 4.89. The summed E-state index contributed by atoms with van der Waals surface area (Å²) in [5.41, 5.74) is 1.10. The van der Waals surface area contributed by atoms with Crippen molar-refractivity contribution < 1.29 is 4.92 Å². The second-order valence-electron chi connectivity index (χ2n) is 3.29. The molecule has 0 saturated carbocycles. The lowest BCUT2D eigenvalue weighted by atomic mass is 10.1. The summed E-state index contributed by atoms with van der Waals surface area (Å²) in [6.07, 6.45) is 4.29. The number of hydrogen-bond donors (Lipinski definition) is 0. The molecule has 0 aliphatic heterocycles. The fourth-order valence-corrected chi connectivity index (χ4v) is 1.33. The van der Waals surface area contributed by atoms with Gasteiger partial charge in [-0.05, 0) is 30.5 Å². The zero-order valence-corrected chi connectivity index (χ0v) is 8.32. The quantitative estimate of drug-likeness (QED) is 0.408. The van der Waals surface area contributed by atoms with Crippen molar-refractivity contribution in [2.45, 2.75) is 32.6 Å². The Balaban J connectivity index is 2.59. The van der Waals surface area contributed by atoms with Gasteiger partial charge in [-0.15, -0.1) is 0 Å². The van der Waals surface area contributed by atoms with Crippen molar-refractivity contribution in [3.63, 3.8) is 0 Å². The highest BCUT2D eigenvalue weighted by Crippen LogP contribution is 2.14. The van der Waals surface area contributed by atoms with Gasteiger partial charge in [-0.2, -0.15) is 0 Å². The van der Waals surface area contributed by atoms with Gasteiger partial charge in [-0.3, -0.25) is 10.1 Å². The third-order valence-electron chi connectivity index (χ3n) is 2.11. The van der Waals surface area contributed by atoms with Gasteiger partial charge in [0.2, 0.25) is 0 Å². The third-order valence-corrected chi connectivity index (χ3v) is 2.11. The number of nitro groups is 1. The van der Waals surface area contributed by atoms with Gasteiger partial charge in [0.25, 0.3) is 5.69 Å². The van der Waals surface area contributed by atoms with Gasteiger partial charge in [0.1, 0.15) is 0 Å². The van der Waals surface area contributed by atoms with E-state index in [0.717, 1.165) is 31.2 Å². The number of nitro benzene ring substituents is 1. The number of aryl methyl sites for hydroxylation is 1. The zero-order valence-electron chi connectivity index (χ0n) is 8.32. The number of non-ortho nitro benzene ring substituents is 1. The molecule has 0 saturated heterocycles. The third kappa shape index (κ3) is 3.17. The standard InChI is InChI=1S/C11H14NO2/c1-2-3-4-6-10-7-5-8-11(9-10)12(13)14/h5,8-9H,2-4,6H2,1H3. The second kappa shape index (κ2) is 5.37. The van der Waals surface area contributed by atoms with E-state index in [4.69, 9.17) is 0 Å². The SMILES string of the molecule is CCCCCc1[c]ccc([N+](=O)[O-])c1. The highest BCUT2D eigenvalue weighted by Gasteiger charge is 2.04. The highest BCUT2D eigenvalue weighted by atomic mass is 16.6. The van der Waals surface area contributed by atoms with E-state index < -0.39 is 0 Å². The van der Waals surface area contributed by atoms with Crippen LogP contribution in [0.25, 0.3) is 0 Å². The molecule has 0 atom stereocenters. The van der Waals surface area contributed by atoms with Crippen molar-refractivity contribution >= 4 is 5.69 Å². The summed E-state index contributed by atoms with van der Waals surface area (Å²) in [7, 11) is 0. The molecule has 0 heterocycles. The number of nitrogens with zero attached hydrogens (tertiary/aromatic N) is 1. The lowest BCUT2D eigenvalue weighted by Gasteiger charge is -1.99. The van der Waals surface area contributed by atoms with Crippen LogP contribution in [-0.4, -0.2) is 4.92 Å². The van der Waals surface area contributed by atoms with Crippen LogP contribution in [0.4, 0.5) is 5.69 Å². The topological polar surface area (TPSA) is 43.1 Å². The second-order valence-corrected chi connectivity index (χ2v) is 3.29. The molecule has 75 valence electrons. The minimum atomic E-state index is -0.364. The normalized spacial score (nSPS) is 10.1. The minimum Gasteiger partial charge on any atom is -0.258 e. The van der Waals surface area contributed by atoms with Crippen LogP contribution >= 0.6 is 0 Å². The molecule has 3 nitrogen and oxygen atoms in total. The summed E-state index contributed by atoms with van der Waals surface area (Å²) < 4.78 is 0. The van der Waals surface area contributed by atoms with E-state index in [-0.39, 0.29) is 10.6 Å². The first-order valence-electron chi connectivity index (χ1n) is 4.89. The van der Waals surface area contributed by atoms with Crippen LogP contribution in [0.3, 0.4) is 0 Å². The lowest BCUT2D eigenvalue weighted by Crippen LogP contribution is -1.91. The molecule has 0 unspecified atom stereocenters. The Morgan fingerprint density at radius 2 is 2.29 bits per heavy atom. The monoisotopic (exact) mass is 192 g/mol. The smallest absolute Gasteiger partial charge is 0.258 e. The van der Waals surface area contributed by atoms with E-state index in [0.29, 0.717) is 0 Å². The average molecular weight is 192 g/mol. The van der Waals surface area contributed by atoms with Gasteiger partial charge in [-0.25, -0.2) is 0 Å². The number of benzene rings is 1. The maximum absolute atomic E-state index is 10.5. The van der Waals surface area contributed by atoms with E-state index in [9.17, 15) is 10.1 Å². The first-order chi connectivity index (χ1) is 6.74. The fraction of sp³-hybridized carbons (Fsp3) is 0.455. The van der Waals surface area contributed by atoms with Crippen molar-refractivity contribution in [2.24, 2.45) is 0 Å². The van der Waals surface area contributed by atoms with Crippen LogP contribution in [0.5, 0.6) is 0 Å². The van der Waals surface area contributed by atoms with Crippen LogP contribution in [0.2, 0.25) is 0 Å². The number of hydrogen-bond acceptors (Lipinski definition) is 2. The Bertz CT molecular complexity index is 310. The molecular weight excluding hydrogens is 178 g/mol. The number of rotatable bonds is 5. The molecule has 1 aromatic rings. The van der Waals surface area contributed by atoms with Crippen molar-refractivity contribution in [1.29, 1.82) is 0 Å². The minimum absolute atomic E-state index is 0.162. The molecule has 0 fully saturated rings. The summed E-state index contributed by atoms with van der Waals surface area (Å²) in [6, 6.07) is 7.72. The van der Waals surface area contributed by atoms with Gasteiger partial charge >= 0.3 is 0 Å². The van der Waals surface area contributed by atoms with Crippen LogP contribution in [0.15, 0.2) is 18.2 Å². The van der Waals surface area contributed by atoms with E-state index >= 15 is 0 Å². The van der Waals surface area contributed by atoms with Gasteiger partial charge in [0.15, 0.2) is 0 Å². The summed E-state index contributed by atoms with van der Waals surface area (Å²) in [6.45, 7) is 2.14. The molecular formula is C11H14NO2. The fourth-order valence-electron chi connectivity index (χ4n) is 1.33. The summed E-state index contributed by atoms with van der Waals surface area (Å²) in [5, 5.41) is 10.5. The molecule has 0 aromatic heterocycles. The molecule has 0 spiro atoms. The molecule has 1 radical (unpaired) electrons. The van der Waals surface area contributed by atoms with Gasteiger partial charge < -0.3 is 0 Å². The van der Waals surface area contributed by atoms with Gasteiger partial charge in [0, 0.05) is 12.1 Å². The molecule has 1 rings (SSSR count). The van der Waals surface area contributed by atoms with Crippen LogP contribution < -0.4 is 0 Å². The van der Waals surface area contributed by atoms with E-state index in [1.54, 1.807) is 12.1 Å². The molecule has 0 aliphatic rings. The van der Waals surface area contributed by atoms with Crippen LogP contribution in [0, 0.1) is 16.2 Å². The largest absolute Gasteiger partial charge is 0.269 e. The molecule has 0 bridgehead atoms. The van der Waals surface area contributed by atoms with Crippen molar-refractivity contribution in [3.8, 4) is 0 Å². The molecule has 1 aromatic carbocycles. The summed E-state index contributed by atoms with van der Waals surface area (Å²) in [5.74, 6) is 0. The van der Waals surface area contributed by atoms with E-state index in [2.05, 4.69) is 13.0 Å². The Morgan fingerprint density at radius 1 is 1.50 bits per heavy atom. The molecule has 0 aliphatic carbocycles. The van der Waals surface area contributed by atoms with Gasteiger partial charge in [-0.1, -0.05) is 19.8 Å². The predicted molar refractivity (Wildman–Crippen MR) is 55.2 cm³/mol. The Kier molecular flexibility index (Phi) is 4.11. The number of unbranched alkanes of at least 4 members (excludes halogenated alkanes) is 2. The molecule has 14 heavy (non-hydrogen) atoms. The molecule has 0 N–H and O–H groups in total. The Morgan fingerprint density at radius 3 is 2.93 bits per heavy atom. The molecule has 3 heteroatoms. The van der Waals surface area contributed by atoms with E-state index in [1.165, 1.54) is 6.07 Å². The maximum atomic E-state index is 10.5. The predicted octanol–water partition coefficient (Wildman–Crippen LogP) is 3.13. The van der Waals surface area contributed by atoms with Gasteiger partial charge in [0.05, 0.1) is 4.92 Å². The Hall–Kier alpha value is -1.38. The van der Waals surface area contributed by atoms with Crippen LogP contribution in [-0.2, 0) is 6.42 Å². The maximum Gasteiger partial charge on any atom is 0.269 e. The molecule has 0 amide bonds. The van der Waals surface area contributed by atoms with Crippen molar-refractivity contribution in [1.82, 2.24) is 0 Å².